The van der Waals surface area contributed by atoms with Gasteiger partial charge in [-0.25, -0.2) is 4.79 Å². The molecule has 28 heavy (non-hydrogen) atoms. The Labute approximate surface area is 159 Å². The van der Waals surface area contributed by atoms with Crippen LogP contribution in [0.2, 0.25) is 0 Å². The van der Waals surface area contributed by atoms with Crippen LogP contribution in [0.5, 0.6) is 5.75 Å². The molecule has 0 amide bonds. The summed E-state index contributed by atoms with van der Waals surface area (Å²) in [5.74, 6) is -2.89. The number of para-hydroxylation sites is 1. The van der Waals surface area contributed by atoms with Gasteiger partial charge in [0.25, 0.3) is 5.70 Å². The van der Waals surface area contributed by atoms with Gasteiger partial charge in [-0.3, -0.25) is 10.1 Å². The van der Waals surface area contributed by atoms with Gasteiger partial charge in [-0.05, 0) is 33.8 Å². The van der Waals surface area contributed by atoms with E-state index < -0.39 is 40.7 Å². The van der Waals surface area contributed by atoms with Gasteiger partial charge in [-0.15, -0.1) is 13.2 Å². The number of allylic oxidation sites excluding steroid dienone is 3. The molecule has 0 radical (unpaired) electrons. The van der Waals surface area contributed by atoms with Gasteiger partial charge in [0.1, 0.15) is 11.7 Å². The van der Waals surface area contributed by atoms with Crippen molar-refractivity contribution in [2.75, 3.05) is 0 Å². The number of nitro groups is 1. The molecule has 152 valence electrons. The Hall–Kier alpha value is -3.04. The third-order valence-corrected chi connectivity index (χ3v) is 3.94. The number of alkyl halides is 3. The van der Waals surface area contributed by atoms with Gasteiger partial charge in [-0.2, -0.15) is 0 Å². The normalized spacial score (nSPS) is 17.5. The molecule has 1 aliphatic heterocycles. The fourth-order valence-corrected chi connectivity index (χ4v) is 3.01. The standard InChI is InChI=1S/C18H19F3N2O5/c1-9(2)27-17(24)14-10(3)22-11(4)16(23(25)26)15(14)12-7-5-6-8-13(12)28-18(19,20)21/h5-9,15,22H,1-4H3. The number of hydrogen-bond acceptors (Lipinski definition) is 6. The lowest BCUT2D eigenvalue weighted by molar-refractivity contribution is -0.431. The summed E-state index contributed by atoms with van der Waals surface area (Å²) in [6.45, 7) is 6.09. The molecule has 1 N–H and O–H groups in total. The molecule has 0 saturated heterocycles. The van der Waals surface area contributed by atoms with Crippen LogP contribution in [0.25, 0.3) is 0 Å². The molecule has 0 spiro atoms. The SMILES string of the molecule is CC1=C(C(=O)OC(C)C)C(c2ccccc2OC(F)(F)F)C([N+](=O)[O-])=C(C)N1. The fraction of sp³-hybridized carbons (Fsp3) is 0.389. The van der Waals surface area contributed by atoms with Crippen molar-refractivity contribution in [2.45, 2.75) is 46.1 Å². The van der Waals surface area contributed by atoms with Crippen LogP contribution in [0, 0.1) is 10.1 Å². The maximum atomic E-state index is 12.8. The Morgan fingerprint density at radius 3 is 2.36 bits per heavy atom. The molecule has 1 heterocycles. The van der Waals surface area contributed by atoms with Crippen LogP contribution in [-0.4, -0.2) is 23.4 Å². The molecule has 1 atom stereocenters. The number of dihydropyridines is 1. The van der Waals surface area contributed by atoms with E-state index in [1.54, 1.807) is 13.8 Å². The van der Waals surface area contributed by atoms with E-state index >= 15 is 0 Å². The molecule has 1 aliphatic rings. The summed E-state index contributed by atoms with van der Waals surface area (Å²) in [4.78, 5) is 23.6. The highest BCUT2D eigenvalue weighted by molar-refractivity contribution is 5.92. The first-order chi connectivity index (χ1) is 12.9. The number of nitrogens with zero attached hydrogens (tertiary/aromatic N) is 1. The summed E-state index contributed by atoms with van der Waals surface area (Å²) in [6, 6.07) is 5.01. The maximum absolute atomic E-state index is 12.8. The second-order valence-corrected chi connectivity index (χ2v) is 6.40. The maximum Gasteiger partial charge on any atom is 0.573 e. The average molecular weight is 400 g/mol. The Kier molecular flexibility index (Phi) is 6.01. The van der Waals surface area contributed by atoms with E-state index in [0.717, 1.165) is 6.07 Å². The van der Waals surface area contributed by atoms with Crippen molar-refractivity contribution >= 4 is 5.97 Å². The third kappa shape index (κ3) is 4.62. The molecule has 0 aliphatic carbocycles. The van der Waals surface area contributed by atoms with Crippen molar-refractivity contribution in [3.8, 4) is 5.75 Å². The van der Waals surface area contributed by atoms with E-state index in [-0.39, 0.29) is 22.5 Å². The second kappa shape index (κ2) is 7.91. The zero-order chi connectivity index (χ0) is 21.2. The van der Waals surface area contributed by atoms with Gasteiger partial charge < -0.3 is 14.8 Å². The van der Waals surface area contributed by atoms with Crippen molar-refractivity contribution in [1.82, 2.24) is 5.32 Å². The van der Waals surface area contributed by atoms with Crippen LogP contribution in [-0.2, 0) is 9.53 Å². The lowest BCUT2D eigenvalue weighted by atomic mass is 9.83. The molecular formula is C18H19F3N2O5. The first-order valence-electron chi connectivity index (χ1n) is 8.31. The van der Waals surface area contributed by atoms with Crippen LogP contribution in [0.1, 0.15) is 39.2 Å². The highest BCUT2D eigenvalue weighted by Gasteiger charge is 2.43. The molecule has 0 fully saturated rings. The summed E-state index contributed by atoms with van der Waals surface area (Å²) in [5.41, 5.74) is -0.415. The number of nitrogens with one attached hydrogen (secondary N) is 1. The minimum absolute atomic E-state index is 0.107. The molecule has 0 saturated carbocycles. The van der Waals surface area contributed by atoms with Crippen molar-refractivity contribution in [3.63, 3.8) is 0 Å². The van der Waals surface area contributed by atoms with Gasteiger partial charge in [-0.1, -0.05) is 18.2 Å². The number of benzene rings is 1. The molecular weight excluding hydrogens is 381 g/mol. The highest BCUT2D eigenvalue weighted by atomic mass is 19.4. The fourth-order valence-electron chi connectivity index (χ4n) is 3.01. The summed E-state index contributed by atoms with van der Waals surface area (Å²) in [6.07, 6.45) is -5.53. The van der Waals surface area contributed by atoms with Gasteiger partial charge >= 0.3 is 12.3 Å². The first-order valence-corrected chi connectivity index (χ1v) is 8.31. The number of halogens is 3. The Morgan fingerprint density at radius 1 is 1.21 bits per heavy atom. The van der Waals surface area contributed by atoms with Crippen LogP contribution >= 0.6 is 0 Å². The Bertz CT molecular complexity index is 859. The van der Waals surface area contributed by atoms with E-state index in [9.17, 15) is 28.1 Å². The molecule has 1 aromatic carbocycles. The smallest absolute Gasteiger partial charge is 0.460 e. The Morgan fingerprint density at radius 2 is 1.82 bits per heavy atom. The summed E-state index contributed by atoms with van der Waals surface area (Å²) >= 11 is 0. The molecule has 0 bridgehead atoms. The largest absolute Gasteiger partial charge is 0.573 e. The lowest BCUT2D eigenvalue weighted by Crippen LogP contribution is -2.32. The predicted molar refractivity (Wildman–Crippen MR) is 92.6 cm³/mol. The summed E-state index contributed by atoms with van der Waals surface area (Å²) < 4.78 is 47.7. The lowest BCUT2D eigenvalue weighted by Gasteiger charge is -2.28. The minimum Gasteiger partial charge on any atom is -0.460 e. The van der Waals surface area contributed by atoms with E-state index in [2.05, 4.69) is 10.1 Å². The van der Waals surface area contributed by atoms with Gasteiger partial charge in [0.05, 0.1) is 22.3 Å². The number of carbonyl (C=O) groups is 1. The highest BCUT2D eigenvalue weighted by Crippen LogP contribution is 2.43. The van der Waals surface area contributed by atoms with Gasteiger partial charge in [0.15, 0.2) is 0 Å². The van der Waals surface area contributed by atoms with E-state index in [4.69, 9.17) is 4.74 Å². The molecule has 2 rings (SSSR count). The topological polar surface area (TPSA) is 90.7 Å². The monoisotopic (exact) mass is 400 g/mol. The summed E-state index contributed by atoms with van der Waals surface area (Å²) in [7, 11) is 0. The third-order valence-electron chi connectivity index (χ3n) is 3.94. The average Bonchev–Trinajstić information content (AvgIpc) is 2.51. The zero-order valence-electron chi connectivity index (χ0n) is 15.6. The molecule has 1 aromatic rings. The number of rotatable bonds is 5. The first kappa shape index (κ1) is 21.3. The molecule has 1 unspecified atom stereocenters. The number of ether oxygens (including phenoxy) is 2. The van der Waals surface area contributed by atoms with Crippen LogP contribution < -0.4 is 10.1 Å². The van der Waals surface area contributed by atoms with Gasteiger partial charge in [0.2, 0.25) is 0 Å². The van der Waals surface area contributed by atoms with Crippen LogP contribution in [0.4, 0.5) is 13.2 Å². The number of carbonyl (C=O) groups excluding carboxylic acids is 1. The second-order valence-electron chi connectivity index (χ2n) is 6.40. The molecule has 7 nitrogen and oxygen atoms in total. The van der Waals surface area contributed by atoms with Crippen LogP contribution in [0.15, 0.2) is 46.9 Å². The van der Waals surface area contributed by atoms with Crippen molar-refractivity contribution < 1.29 is 32.4 Å². The molecule has 10 heteroatoms. The van der Waals surface area contributed by atoms with E-state index in [0.29, 0.717) is 0 Å². The Balaban J connectivity index is 2.71. The molecule has 0 aromatic heterocycles. The predicted octanol–water partition coefficient (Wildman–Crippen LogP) is 4.01. The number of esters is 1. The van der Waals surface area contributed by atoms with Gasteiger partial charge in [0, 0.05) is 11.3 Å². The van der Waals surface area contributed by atoms with E-state index in [1.165, 1.54) is 32.0 Å². The zero-order valence-corrected chi connectivity index (χ0v) is 15.6. The van der Waals surface area contributed by atoms with Crippen molar-refractivity contribution in [3.05, 3.63) is 62.6 Å². The summed E-state index contributed by atoms with van der Waals surface area (Å²) in [5, 5.41) is 14.4. The van der Waals surface area contributed by atoms with Crippen LogP contribution in [0.3, 0.4) is 0 Å². The van der Waals surface area contributed by atoms with Crippen molar-refractivity contribution in [1.29, 1.82) is 0 Å². The minimum atomic E-state index is -5.01. The quantitative estimate of drug-likeness (QED) is 0.456. The van der Waals surface area contributed by atoms with E-state index in [1.807, 2.05) is 0 Å². The van der Waals surface area contributed by atoms with Crippen molar-refractivity contribution in [2.24, 2.45) is 0 Å². The number of hydrogen-bond donors (Lipinski definition) is 1.